The highest BCUT2D eigenvalue weighted by Crippen LogP contribution is 2.32. The second kappa shape index (κ2) is 9.06. The number of carbonyl (C=O) groups excluding carboxylic acids is 1. The molecule has 1 amide bonds. The molecule has 5 rings (SSSR count). The molecule has 0 saturated heterocycles. The lowest BCUT2D eigenvalue weighted by Gasteiger charge is -2.26. The molecule has 1 heterocycles. The summed E-state index contributed by atoms with van der Waals surface area (Å²) in [6, 6.07) is 25.3. The average molecular weight is 425 g/mol. The fourth-order valence-electron chi connectivity index (χ4n) is 4.08. The quantitative estimate of drug-likeness (QED) is 0.472. The van der Waals surface area contributed by atoms with Crippen LogP contribution in [0.3, 0.4) is 0 Å². The molecule has 0 aliphatic heterocycles. The van der Waals surface area contributed by atoms with E-state index >= 15 is 0 Å². The zero-order valence-electron chi connectivity index (χ0n) is 17.5. The number of fused-ring (bicyclic) bond motifs is 1. The number of hydrogen-bond acceptors (Lipinski definition) is 5. The number of ether oxygens (including phenoxy) is 1. The maximum Gasteiger partial charge on any atom is 0.258 e. The van der Waals surface area contributed by atoms with Crippen molar-refractivity contribution >= 4 is 5.91 Å². The average Bonchev–Trinajstić information content (AvgIpc) is 3.34. The van der Waals surface area contributed by atoms with Gasteiger partial charge in [0.25, 0.3) is 11.8 Å². The van der Waals surface area contributed by atoms with Gasteiger partial charge in [0, 0.05) is 5.56 Å². The topological polar surface area (TPSA) is 77.2 Å². The van der Waals surface area contributed by atoms with E-state index in [1.165, 1.54) is 11.1 Å². The van der Waals surface area contributed by atoms with Crippen LogP contribution in [-0.2, 0) is 11.2 Å². The summed E-state index contributed by atoms with van der Waals surface area (Å²) in [4.78, 5) is 12.6. The summed E-state index contributed by atoms with van der Waals surface area (Å²) in [7, 11) is 0. The van der Waals surface area contributed by atoms with E-state index in [-0.39, 0.29) is 18.6 Å². The first-order chi connectivity index (χ1) is 15.8. The third kappa shape index (κ3) is 4.25. The third-order valence-corrected chi connectivity index (χ3v) is 5.63. The molecule has 6 heteroatoms. The summed E-state index contributed by atoms with van der Waals surface area (Å²) in [5, 5.41) is 11.4. The summed E-state index contributed by atoms with van der Waals surface area (Å²) in [6.07, 6.45) is 3.05. The molecule has 4 aromatic rings. The van der Waals surface area contributed by atoms with Crippen LogP contribution in [0.1, 0.15) is 30.0 Å². The molecule has 0 fully saturated rings. The van der Waals surface area contributed by atoms with Crippen molar-refractivity contribution < 1.29 is 13.9 Å². The van der Waals surface area contributed by atoms with Crippen LogP contribution in [0.5, 0.6) is 5.75 Å². The molecule has 3 aromatic carbocycles. The van der Waals surface area contributed by atoms with E-state index in [9.17, 15) is 4.79 Å². The Hall–Kier alpha value is -3.93. The Morgan fingerprint density at radius 2 is 1.69 bits per heavy atom. The Labute approximate surface area is 186 Å². The van der Waals surface area contributed by atoms with Gasteiger partial charge in [-0.15, -0.1) is 10.2 Å². The number of nitrogens with zero attached hydrogens (tertiary/aromatic N) is 2. The number of amides is 1. The van der Waals surface area contributed by atoms with Gasteiger partial charge in [0.15, 0.2) is 6.61 Å². The van der Waals surface area contributed by atoms with Crippen LogP contribution in [0.25, 0.3) is 22.9 Å². The van der Waals surface area contributed by atoms with Gasteiger partial charge in [-0.3, -0.25) is 4.79 Å². The first kappa shape index (κ1) is 20.0. The number of carbonyl (C=O) groups is 1. The maximum absolute atomic E-state index is 12.6. The van der Waals surface area contributed by atoms with Gasteiger partial charge in [-0.05, 0) is 54.7 Å². The van der Waals surface area contributed by atoms with Crippen molar-refractivity contribution in [2.24, 2.45) is 0 Å². The third-order valence-electron chi connectivity index (χ3n) is 5.63. The van der Waals surface area contributed by atoms with E-state index in [4.69, 9.17) is 9.15 Å². The van der Waals surface area contributed by atoms with E-state index < -0.39 is 0 Å². The Balaban J connectivity index is 1.28. The fraction of sp³-hybridized carbons (Fsp3) is 0.192. The minimum Gasteiger partial charge on any atom is -0.483 e. The highest BCUT2D eigenvalue weighted by molar-refractivity contribution is 5.78. The Morgan fingerprint density at radius 1 is 0.938 bits per heavy atom. The second-order valence-electron chi connectivity index (χ2n) is 7.77. The molecule has 0 bridgehead atoms. The highest BCUT2D eigenvalue weighted by Gasteiger charge is 2.22. The molecule has 1 aromatic heterocycles. The van der Waals surface area contributed by atoms with Crippen molar-refractivity contribution in [3.63, 3.8) is 0 Å². The smallest absolute Gasteiger partial charge is 0.258 e. The zero-order valence-corrected chi connectivity index (χ0v) is 17.5. The van der Waals surface area contributed by atoms with Crippen molar-refractivity contribution in [2.45, 2.75) is 25.3 Å². The van der Waals surface area contributed by atoms with Crippen LogP contribution in [0, 0.1) is 0 Å². The number of rotatable bonds is 6. The van der Waals surface area contributed by atoms with Crippen molar-refractivity contribution in [3.8, 4) is 28.7 Å². The summed E-state index contributed by atoms with van der Waals surface area (Å²) in [5.41, 5.74) is 4.00. The van der Waals surface area contributed by atoms with E-state index in [1.807, 2.05) is 60.7 Å². The molecule has 1 unspecified atom stereocenters. The van der Waals surface area contributed by atoms with E-state index in [2.05, 4.69) is 27.6 Å². The monoisotopic (exact) mass is 425 g/mol. The number of aryl methyl sites for hydroxylation is 1. The first-order valence-electron chi connectivity index (χ1n) is 10.8. The van der Waals surface area contributed by atoms with Gasteiger partial charge in [-0.25, -0.2) is 0 Å². The van der Waals surface area contributed by atoms with Crippen LogP contribution >= 0.6 is 0 Å². The number of benzene rings is 3. The molecule has 6 nitrogen and oxygen atoms in total. The Kier molecular flexibility index (Phi) is 5.66. The van der Waals surface area contributed by atoms with Crippen LogP contribution in [0.4, 0.5) is 0 Å². The molecule has 0 spiro atoms. The lowest BCUT2D eigenvalue weighted by Crippen LogP contribution is -2.34. The molecule has 1 atom stereocenters. The molecule has 0 saturated carbocycles. The normalized spacial score (nSPS) is 15.1. The van der Waals surface area contributed by atoms with Crippen LogP contribution in [0.2, 0.25) is 0 Å². The van der Waals surface area contributed by atoms with Crippen molar-refractivity contribution in [3.05, 3.63) is 90.0 Å². The molecule has 1 aliphatic rings. The minimum absolute atomic E-state index is 0.0238. The fourth-order valence-corrected chi connectivity index (χ4v) is 4.08. The molecule has 32 heavy (non-hydrogen) atoms. The first-order valence-corrected chi connectivity index (χ1v) is 10.8. The molecule has 1 N–H and O–H groups in total. The Bertz CT molecular complexity index is 1220. The zero-order chi connectivity index (χ0) is 21.8. The van der Waals surface area contributed by atoms with Gasteiger partial charge < -0.3 is 14.5 Å². The van der Waals surface area contributed by atoms with Gasteiger partial charge in [-0.1, -0.05) is 54.6 Å². The lowest BCUT2D eigenvalue weighted by molar-refractivity contribution is -0.123. The van der Waals surface area contributed by atoms with Gasteiger partial charge >= 0.3 is 0 Å². The lowest BCUT2D eigenvalue weighted by atomic mass is 9.88. The number of aromatic nitrogens is 2. The molecular weight excluding hydrogens is 402 g/mol. The van der Waals surface area contributed by atoms with Crippen LogP contribution in [-0.4, -0.2) is 22.7 Å². The number of para-hydroxylation sites is 1. The summed E-state index contributed by atoms with van der Waals surface area (Å²) in [6.45, 7) is -0.0879. The SMILES string of the molecule is O=C(COc1ccccc1-c1nnc(-c2ccccc2)o1)NC1CCCc2ccccc21. The number of nitrogens with one attached hydrogen (secondary N) is 1. The Morgan fingerprint density at radius 3 is 2.59 bits per heavy atom. The van der Waals surface area contributed by atoms with Gasteiger partial charge in [0.05, 0.1) is 11.6 Å². The summed E-state index contributed by atoms with van der Waals surface area (Å²) >= 11 is 0. The minimum atomic E-state index is -0.156. The maximum atomic E-state index is 12.6. The van der Waals surface area contributed by atoms with Crippen molar-refractivity contribution in [1.82, 2.24) is 15.5 Å². The highest BCUT2D eigenvalue weighted by atomic mass is 16.5. The molecule has 0 radical (unpaired) electrons. The van der Waals surface area contributed by atoms with Crippen LogP contribution < -0.4 is 10.1 Å². The summed E-state index contributed by atoms with van der Waals surface area (Å²) in [5.74, 6) is 1.15. The van der Waals surface area contributed by atoms with E-state index in [1.54, 1.807) is 6.07 Å². The molecule has 1 aliphatic carbocycles. The number of hydrogen-bond donors (Lipinski definition) is 1. The van der Waals surface area contributed by atoms with Crippen molar-refractivity contribution in [2.75, 3.05) is 6.61 Å². The molecule has 160 valence electrons. The largest absolute Gasteiger partial charge is 0.483 e. The summed E-state index contributed by atoms with van der Waals surface area (Å²) < 4.78 is 11.7. The van der Waals surface area contributed by atoms with E-state index in [0.717, 1.165) is 24.8 Å². The molecular formula is C26H23N3O3. The van der Waals surface area contributed by atoms with Gasteiger partial charge in [-0.2, -0.15) is 0 Å². The van der Waals surface area contributed by atoms with Crippen molar-refractivity contribution in [1.29, 1.82) is 0 Å². The van der Waals surface area contributed by atoms with Gasteiger partial charge in [0.1, 0.15) is 5.75 Å². The predicted molar refractivity (Wildman–Crippen MR) is 121 cm³/mol. The second-order valence-corrected chi connectivity index (χ2v) is 7.77. The van der Waals surface area contributed by atoms with Gasteiger partial charge in [0.2, 0.25) is 5.89 Å². The van der Waals surface area contributed by atoms with Crippen LogP contribution in [0.15, 0.2) is 83.3 Å². The van der Waals surface area contributed by atoms with E-state index in [0.29, 0.717) is 23.1 Å². The predicted octanol–water partition coefficient (Wildman–Crippen LogP) is 4.98. The standard InChI is InChI=1S/C26H23N3O3/c30-24(27-22-15-8-12-18-9-4-5-13-20(18)22)17-31-23-16-7-6-14-21(23)26-29-28-25(32-26)19-10-2-1-3-11-19/h1-7,9-11,13-14,16,22H,8,12,15,17H2,(H,27,30).